The molecule has 5 heteroatoms. The molecule has 20 heavy (non-hydrogen) atoms. The highest BCUT2D eigenvalue weighted by Gasteiger charge is 2.19. The predicted molar refractivity (Wildman–Crippen MR) is 79.2 cm³/mol. The zero-order valence-corrected chi connectivity index (χ0v) is 12.5. The third-order valence-electron chi connectivity index (χ3n) is 3.45. The quantitative estimate of drug-likeness (QED) is 0.919. The Morgan fingerprint density at radius 1 is 1.35 bits per heavy atom. The minimum absolute atomic E-state index is 0.0660. The number of hydrogen-bond acceptors (Lipinski definition) is 4. The number of hydrogen-bond donors (Lipinski definition) is 1. The van der Waals surface area contributed by atoms with E-state index in [0.29, 0.717) is 24.6 Å². The molecule has 1 N–H and O–H groups in total. The molecule has 0 unspecified atom stereocenters. The van der Waals surface area contributed by atoms with Gasteiger partial charge in [0.05, 0.1) is 6.61 Å². The van der Waals surface area contributed by atoms with E-state index in [-0.39, 0.29) is 5.91 Å². The summed E-state index contributed by atoms with van der Waals surface area (Å²) in [4.78, 5) is 19.0. The summed E-state index contributed by atoms with van der Waals surface area (Å²) in [7, 11) is 1.82. The number of carbonyl (C=O) groups is 1. The maximum absolute atomic E-state index is 12.6. The number of amides is 1. The van der Waals surface area contributed by atoms with Gasteiger partial charge in [-0.15, -0.1) is 0 Å². The van der Waals surface area contributed by atoms with Gasteiger partial charge in [-0.25, -0.2) is 4.98 Å². The van der Waals surface area contributed by atoms with Gasteiger partial charge in [-0.1, -0.05) is 13.8 Å². The van der Waals surface area contributed by atoms with Crippen LogP contribution in [0.15, 0.2) is 12.1 Å². The normalized spacial score (nSPS) is 16.1. The molecular weight excluding hydrogens is 254 g/mol. The first-order valence-corrected chi connectivity index (χ1v) is 7.18. The summed E-state index contributed by atoms with van der Waals surface area (Å²) in [5.74, 6) is 1.10. The molecule has 1 fully saturated rings. The van der Waals surface area contributed by atoms with Gasteiger partial charge in [-0.3, -0.25) is 4.79 Å². The Morgan fingerprint density at radius 2 is 2.15 bits per heavy atom. The Balaban J connectivity index is 2.25. The van der Waals surface area contributed by atoms with Crippen LogP contribution in [0.2, 0.25) is 0 Å². The van der Waals surface area contributed by atoms with Crippen molar-refractivity contribution in [2.45, 2.75) is 26.2 Å². The van der Waals surface area contributed by atoms with Crippen molar-refractivity contribution in [1.29, 1.82) is 0 Å². The molecule has 0 saturated carbocycles. The standard InChI is InChI=1S/C15H23N3O2/c1-11(2)13-9-12(10-14(16-3)17-13)15(19)18-5-4-7-20-8-6-18/h9-11H,4-8H2,1-3H3,(H,16,17). The molecule has 0 bridgehead atoms. The number of rotatable bonds is 3. The lowest BCUT2D eigenvalue weighted by molar-refractivity contribution is 0.0741. The van der Waals surface area contributed by atoms with E-state index in [4.69, 9.17) is 4.74 Å². The van der Waals surface area contributed by atoms with Crippen molar-refractivity contribution in [3.63, 3.8) is 0 Å². The molecule has 1 aromatic heterocycles. The summed E-state index contributed by atoms with van der Waals surface area (Å²) < 4.78 is 5.40. The van der Waals surface area contributed by atoms with E-state index in [2.05, 4.69) is 24.1 Å². The highest BCUT2D eigenvalue weighted by Crippen LogP contribution is 2.19. The van der Waals surface area contributed by atoms with Crippen molar-refractivity contribution < 1.29 is 9.53 Å². The molecule has 1 amide bonds. The number of pyridine rings is 1. The van der Waals surface area contributed by atoms with Gasteiger partial charge >= 0.3 is 0 Å². The van der Waals surface area contributed by atoms with E-state index in [1.165, 1.54) is 0 Å². The molecule has 0 atom stereocenters. The molecule has 1 aliphatic rings. The van der Waals surface area contributed by atoms with Gasteiger partial charge in [0.2, 0.25) is 0 Å². The van der Waals surface area contributed by atoms with Gasteiger partial charge in [-0.2, -0.15) is 0 Å². The SMILES string of the molecule is CNc1cc(C(=O)N2CCCOCC2)cc(C(C)C)n1. The predicted octanol–water partition coefficient (Wildman–Crippen LogP) is 2.11. The molecule has 1 aromatic rings. The Bertz CT molecular complexity index is 466. The molecule has 0 spiro atoms. The highest BCUT2D eigenvalue weighted by molar-refractivity contribution is 5.95. The molecule has 110 valence electrons. The number of aromatic nitrogens is 1. The molecule has 0 radical (unpaired) electrons. The second kappa shape index (κ2) is 6.70. The van der Waals surface area contributed by atoms with Crippen LogP contribution in [-0.2, 0) is 4.74 Å². The Kier molecular flexibility index (Phi) is 4.95. The van der Waals surface area contributed by atoms with Crippen molar-refractivity contribution >= 4 is 11.7 Å². The van der Waals surface area contributed by atoms with Crippen LogP contribution in [0.25, 0.3) is 0 Å². The third kappa shape index (κ3) is 3.48. The molecule has 1 saturated heterocycles. The first-order chi connectivity index (χ1) is 9.61. The molecule has 0 aromatic carbocycles. The van der Waals surface area contributed by atoms with Crippen LogP contribution >= 0.6 is 0 Å². The van der Waals surface area contributed by atoms with Crippen molar-refractivity contribution in [3.05, 3.63) is 23.4 Å². The Labute approximate surface area is 120 Å². The first-order valence-electron chi connectivity index (χ1n) is 7.18. The fourth-order valence-electron chi connectivity index (χ4n) is 2.23. The molecule has 2 rings (SSSR count). The zero-order valence-electron chi connectivity index (χ0n) is 12.5. The first kappa shape index (κ1) is 14.8. The Hall–Kier alpha value is -1.62. The number of anilines is 1. The fraction of sp³-hybridized carbons (Fsp3) is 0.600. The van der Waals surface area contributed by atoms with Gasteiger partial charge in [0, 0.05) is 38.0 Å². The van der Waals surface area contributed by atoms with Crippen LogP contribution in [0.5, 0.6) is 0 Å². The minimum atomic E-state index is 0.0660. The fourth-order valence-corrected chi connectivity index (χ4v) is 2.23. The Morgan fingerprint density at radius 3 is 2.85 bits per heavy atom. The maximum Gasteiger partial charge on any atom is 0.254 e. The molecule has 5 nitrogen and oxygen atoms in total. The lowest BCUT2D eigenvalue weighted by Crippen LogP contribution is -2.33. The summed E-state index contributed by atoms with van der Waals surface area (Å²) in [5.41, 5.74) is 1.64. The molecule has 1 aliphatic heterocycles. The number of nitrogens with one attached hydrogen (secondary N) is 1. The summed E-state index contributed by atoms with van der Waals surface area (Å²) in [6.07, 6.45) is 0.896. The van der Waals surface area contributed by atoms with E-state index >= 15 is 0 Å². The summed E-state index contributed by atoms with van der Waals surface area (Å²) >= 11 is 0. The van der Waals surface area contributed by atoms with Crippen molar-refractivity contribution in [3.8, 4) is 0 Å². The largest absolute Gasteiger partial charge is 0.380 e. The van der Waals surface area contributed by atoms with Crippen LogP contribution in [-0.4, -0.2) is 49.1 Å². The van der Waals surface area contributed by atoms with E-state index in [1.807, 2.05) is 24.1 Å². The van der Waals surface area contributed by atoms with Crippen molar-refractivity contribution in [2.24, 2.45) is 0 Å². The third-order valence-corrected chi connectivity index (χ3v) is 3.45. The van der Waals surface area contributed by atoms with Gasteiger partial charge in [0.25, 0.3) is 5.91 Å². The average molecular weight is 277 g/mol. The van der Waals surface area contributed by atoms with Crippen molar-refractivity contribution in [2.75, 3.05) is 38.7 Å². The smallest absolute Gasteiger partial charge is 0.254 e. The second-order valence-electron chi connectivity index (χ2n) is 5.33. The van der Waals surface area contributed by atoms with E-state index in [0.717, 1.165) is 31.1 Å². The van der Waals surface area contributed by atoms with Gasteiger partial charge < -0.3 is 15.0 Å². The number of carbonyl (C=O) groups excluding carboxylic acids is 1. The van der Waals surface area contributed by atoms with Crippen molar-refractivity contribution in [1.82, 2.24) is 9.88 Å². The summed E-state index contributed by atoms with van der Waals surface area (Å²) in [5, 5.41) is 3.03. The summed E-state index contributed by atoms with van der Waals surface area (Å²) in [6, 6.07) is 3.72. The van der Waals surface area contributed by atoms with Crippen LogP contribution in [0.4, 0.5) is 5.82 Å². The number of nitrogens with zero attached hydrogens (tertiary/aromatic N) is 2. The molecule has 0 aliphatic carbocycles. The van der Waals surface area contributed by atoms with Gasteiger partial charge in [0.15, 0.2) is 0 Å². The minimum Gasteiger partial charge on any atom is -0.380 e. The van der Waals surface area contributed by atoms with E-state index in [9.17, 15) is 4.79 Å². The lowest BCUT2D eigenvalue weighted by Gasteiger charge is -2.20. The molecule has 2 heterocycles. The highest BCUT2D eigenvalue weighted by atomic mass is 16.5. The van der Waals surface area contributed by atoms with Gasteiger partial charge in [-0.05, 0) is 24.5 Å². The topological polar surface area (TPSA) is 54.5 Å². The second-order valence-corrected chi connectivity index (χ2v) is 5.33. The van der Waals surface area contributed by atoms with E-state index < -0.39 is 0 Å². The lowest BCUT2D eigenvalue weighted by atomic mass is 10.1. The van der Waals surface area contributed by atoms with Crippen LogP contribution in [0.3, 0.4) is 0 Å². The monoisotopic (exact) mass is 277 g/mol. The number of ether oxygens (including phenoxy) is 1. The van der Waals surface area contributed by atoms with Crippen LogP contribution in [0.1, 0.15) is 42.2 Å². The summed E-state index contributed by atoms with van der Waals surface area (Å²) in [6.45, 7) is 6.93. The van der Waals surface area contributed by atoms with Gasteiger partial charge in [0.1, 0.15) is 5.82 Å². The van der Waals surface area contributed by atoms with Crippen LogP contribution in [0, 0.1) is 0 Å². The average Bonchev–Trinajstić information content (AvgIpc) is 2.74. The maximum atomic E-state index is 12.6. The van der Waals surface area contributed by atoms with E-state index in [1.54, 1.807) is 0 Å². The molecular formula is C15H23N3O2. The van der Waals surface area contributed by atoms with Crippen LogP contribution < -0.4 is 5.32 Å². The zero-order chi connectivity index (χ0) is 14.5.